The fraction of sp³-hybridized carbons (Fsp3) is 0.652. The Morgan fingerprint density at radius 2 is 1.36 bits per heavy atom. The molecular formula is C23H36N2O8. The minimum absolute atomic E-state index is 0.0532. The van der Waals surface area contributed by atoms with Gasteiger partial charge in [-0.2, -0.15) is 0 Å². The molecule has 1 aliphatic carbocycles. The molecule has 0 aromatic heterocycles. The Bertz CT molecular complexity index is 709. The Hall–Kier alpha value is -3.04. The summed E-state index contributed by atoms with van der Waals surface area (Å²) in [7, 11) is 0. The highest BCUT2D eigenvalue weighted by atomic mass is 16.6. The molecule has 0 spiro atoms. The standard InChI is InChI=1S/C23H36N2O8/c1-6-20(26)30-13-16(4)32-22(28)24-11-18-9-7-8-10-19(18)12-25-23(29)33-17(5)14-31-21(27)15(2)3/h6,16-19H,1-2,7-14H2,3-5H3,(H,24,28)(H,25,29). The third-order valence-corrected chi connectivity index (χ3v) is 5.12. The van der Waals surface area contributed by atoms with Gasteiger partial charge in [-0.05, 0) is 45.4 Å². The Labute approximate surface area is 195 Å². The van der Waals surface area contributed by atoms with E-state index in [1.165, 1.54) is 6.92 Å². The molecule has 33 heavy (non-hydrogen) atoms. The molecule has 1 fully saturated rings. The number of alkyl carbamates (subject to hydrolysis) is 2. The lowest BCUT2D eigenvalue weighted by molar-refractivity contribution is -0.142. The molecule has 0 radical (unpaired) electrons. The van der Waals surface area contributed by atoms with Crippen LogP contribution < -0.4 is 10.6 Å². The maximum atomic E-state index is 12.1. The minimum atomic E-state index is -0.598. The highest BCUT2D eigenvalue weighted by Gasteiger charge is 2.27. The van der Waals surface area contributed by atoms with Gasteiger partial charge in [-0.3, -0.25) is 0 Å². The molecule has 0 aromatic rings. The van der Waals surface area contributed by atoms with Gasteiger partial charge in [0.1, 0.15) is 25.4 Å². The molecule has 0 bridgehead atoms. The molecule has 2 amide bonds. The number of esters is 2. The number of carbonyl (C=O) groups is 4. The summed E-state index contributed by atoms with van der Waals surface area (Å²) < 4.78 is 20.2. The summed E-state index contributed by atoms with van der Waals surface area (Å²) in [4.78, 5) is 46.6. The average Bonchev–Trinajstić information content (AvgIpc) is 2.78. The zero-order valence-electron chi connectivity index (χ0n) is 19.7. The SMILES string of the molecule is C=CC(=O)OCC(C)OC(=O)NCC1CCCCC1CNC(=O)OC(C)COC(=O)C(=C)C. The first kappa shape index (κ1) is 28.0. The van der Waals surface area contributed by atoms with Gasteiger partial charge in [-0.15, -0.1) is 0 Å². The van der Waals surface area contributed by atoms with Gasteiger partial charge in [-0.1, -0.05) is 26.0 Å². The number of nitrogens with one attached hydrogen (secondary N) is 2. The van der Waals surface area contributed by atoms with Crippen molar-refractivity contribution in [3.63, 3.8) is 0 Å². The van der Waals surface area contributed by atoms with E-state index in [1.807, 2.05) is 0 Å². The predicted octanol–water partition coefficient (Wildman–Crippen LogP) is 2.87. The second-order valence-electron chi connectivity index (χ2n) is 8.21. The molecule has 1 rings (SSSR count). The third-order valence-electron chi connectivity index (χ3n) is 5.12. The molecule has 0 aromatic carbocycles. The van der Waals surface area contributed by atoms with E-state index < -0.39 is 36.3 Å². The molecule has 1 saturated carbocycles. The summed E-state index contributed by atoms with van der Waals surface area (Å²) in [6.45, 7) is 12.3. The van der Waals surface area contributed by atoms with Gasteiger partial charge < -0.3 is 29.6 Å². The van der Waals surface area contributed by atoms with E-state index >= 15 is 0 Å². The van der Waals surface area contributed by atoms with Crippen molar-refractivity contribution in [2.24, 2.45) is 11.8 Å². The number of hydrogen-bond acceptors (Lipinski definition) is 8. The summed E-state index contributed by atoms with van der Waals surface area (Å²) in [5.41, 5.74) is 0.276. The number of carbonyl (C=O) groups excluding carboxylic acids is 4. The van der Waals surface area contributed by atoms with Crippen LogP contribution in [-0.2, 0) is 28.5 Å². The van der Waals surface area contributed by atoms with E-state index in [-0.39, 0.29) is 30.6 Å². The van der Waals surface area contributed by atoms with Crippen LogP contribution >= 0.6 is 0 Å². The monoisotopic (exact) mass is 468 g/mol. The van der Waals surface area contributed by atoms with E-state index in [4.69, 9.17) is 18.9 Å². The van der Waals surface area contributed by atoms with Crippen molar-refractivity contribution in [3.05, 3.63) is 24.8 Å². The van der Waals surface area contributed by atoms with Gasteiger partial charge in [-0.25, -0.2) is 19.2 Å². The average molecular weight is 469 g/mol. The summed E-state index contributed by atoms with van der Waals surface area (Å²) >= 11 is 0. The summed E-state index contributed by atoms with van der Waals surface area (Å²) in [6, 6.07) is 0. The van der Waals surface area contributed by atoms with Crippen LogP contribution in [0.25, 0.3) is 0 Å². The second-order valence-corrected chi connectivity index (χ2v) is 8.21. The van der Waals surface area contributed by atoms with E-state index in [1.54, 1.807) is 13.8 Å². The second kappa shape index (κ2) is 14.9. The number of ether oxygens (including phenoxy) is 4. The van der Waals surface area contributed by atoms with Crippen LogP contribution in [0.4, 0.5) is 9.59 Å². The molecule has 10 nitrogen and oxygen atoms in total. The number of rotatable bonds is 12. The quantitative estimate of drug-likeness (QED) is 0.254. The highest BCUT2D eigenvalue weighted by Crippen LogP contribution is 2.29. The number of amides is 2. The molecule has 1 aliphatic rings. The van der Waals surface area contributed by atoms with Crippen LogP contribution in [0.1, 0.15) is 46.5 Å². The molecule has 186 valence electrons. The van der Waals surface area contributed by atoms with E-state index in [0.29, 0.717) is 13.1 Å². The molecular weight excluding hydrogens is 432 g/mol. The lowest BCUT2D eigenvalue weighted by Gasteiger charge is -2.31. The van der Waals surface area contributed by atoms with E-state index in [9.17, 15) is 19.2 Å². The topological polar surface area (TPSA) is 129 Å². The third kappa shape index (κ3) is 12.0. The molecule has 0 heterocycles. The zero-order chi connectivity index (χ0) is 24.8. The van der Waals surface area contributed by atoms with Crippen molar-refractivity contribution in [1.82, 2.24) is 10.6 Å². The van der Waals surface area contributed by atoms with E-state index in [0.717, 1.165) is 31.8 Å². The molecule has 0 aliphatic heterocycles. The highest BCUT2D eigenvalue weighted by molar-refractivity contribution is 5.86. The summed E-state index contributed by atoms with van der Waals surface area (Å²) in [6.07, 6.45) is 2.59. The van der Waals surface area contributed by atoms with Gasteiger partial charge in [0.15, 0.2) is 0 Å². The van der Waals surface area contributed by atoms with Gasteiger partial charge in [0.05, 0.1) is 0 Å². The van der Waals surface area contributed by atoms with Crippen LogP contribution in [0.5, 0.6) is 0 Å². The Morgan fingerprint density at radius 1 is 0.909 bits per heavy atom. The fourth-order valence-electron chi connectivity index (χ4n) is 3.34. The van der Waals surface area contributed by atoms with Crippen molar-refractivity contribution >= 4 is 24.1 Å². The van der Waals surface area contributed by atoms with E-state index in [2.05, 4.69) is 23.8 Å². The smallest absolute Gasteiger partial charge is 0.407 e. The van der Waals surface area contributed by atoms with Crippen molar-refractivity contribution in [3.8, 4) is 0 Å². The number of hydrogen-bond donors (Lipinski definition) is 2. The van der Waals surface area contributed by atoms with Gasteiger partial charge in [0, 0.05) is 24.7 Å². The fourth-order valence-corrected chi connectivity index (χ4v) is 3.34. The van der Waals surface area contributed by atoms with Crippen molar-refractivity contribution < 1.29 is 38.1 Å². The van der Waals surface area contributed by atoms with Gasteiger partial charge in [0.25, 0.3) is 0 Å². The predicted molar refractivity (Wildman–Crippen MR) is 120 cm³/mol. The molecule has 0 saturated heterocycles. The Morgan fingerprint density at radius 3 is 1.79 bits per heavy atom. The summed E-state index contributed by atoms with van der Waals surface area (Å²) in [5.74, 6) is -0.762. The van der Waals surface area contributed by atoms with Crippen LogP contribution in [0.15, 0.2) is 24.8 Å². The first-order valence-electron chi connectivity index (χ1n) is 11.1. The first-order valence-corrected chi connectivity index (χ1v) is 11.1. The van der Waals surface area contributed by atoms with Crippen LogP contribution in [0.3, 0.4) is 0 Å². The van der Waals surface area contributed by atoms with Crippen LogP contribution in [-0.4, -0.2) is 62.6 Å². The Balaban J connectivity index is 2.36. The largest absolute Gasteiger partial charge is 0.459 e. The lowest BCUT2D eigenvalue weighted by Crippen LogP contribution is -2.41. The van der Waals surface area contributed by atoms with Gasteiger partial charge >= 0.3 is 24.1 Å². The first-order chi connectivity index (χ1) is 15.6. The van der Waals surface area contributed by atoms with Crippen LogP contribution in [0.2, 0.25) is 0 Å². The normalized spacial score (nSPS) is 19.2. The van der Waals surface area contributed by atoms with Crippen molar-refractivity contribution in [2.45, 2.75) is 58.7 Å². The van der Waals surface area contributed by atoms with Crippen molar-refractivity contribution in [2.75, 3.05) is 26.3 Å². The van der Waals surface area contributed by atoms with Crippen molar-refractivity contribution in [1.29, 1.82) is 0 Å². The zero-order valence-corrected chi connectivity index (χ0v) is 19.7. The minimum Gasteiger partial charge on any atom is -0.459 e. The van der Waals surface area contributed by atoms with Gasteiger partial charge in [0.2, 0.25) is 0 Å². The molecule has 10 heteroatoms. The molecule has 4 atom stereocenters. The maximum Gasteiger partial charge on any atom is 0.407 e. The van der Waals surface area contributed by atoms with Crippen LogP contribution in [0, 0.1) is 11.8 Å². The maximum absolute atomic E-state index is 12.1. The molecule has 2 N–H and O–H groups in total. The Kier molecular flexibility index (Phi) is 12.7. The molecule has 4 unspecified atom stereocenters. The summed E-state index contributed by atoms with van der Waals surface area (Å²) in [5, 5.41) is 5.51. The lowest BCUT2D eigenvalue weighted by atomic mass is 9.79.